The number of para-hydroxylation sites is 2. The van der Waals surface area contributed by atoms with Crippen LogP contribution in [0.2, 0.25) is 0 Å². The minimum absolute atomic E-state index is 0.599. The van der Waals surface area contributed by atoms with Crippen LogP contribution in [-0.4, -0.2) is 29.1 Å². The third-order valence-electron chi connectivity index (χ3n) is 7.63. The molecule has 2 saturated heterocycles. The van der Waals surface area contributed by atoms with E-state index < -0.39 is 0 Å². The van der Waals surface area contributed by atoms with Gasteiger partial charge in [0.25, 0.3) is 0 Å². The number of rotatable bonds is 3. The molecule has 3 nitrogen and oxygen atoms in total. The first-order valence-electron chi connectivity index (χ1n) is 10.6. The summed E-state index contributed by atoms with van der Waals surface area (Å²) in [4.78, 5) is 3.00. The van der Waals surface area contributed by atoms with Gasteiger partial charge in [0, 0.05) is 24.2 Å². The summed E-state index contributed by atoms with van der Waals surface area (Å²) in [6, 6.07) is 11.4. The van der Waals surface area contributed by atoms with E-state index >= 15 is 0 Å². The van der Waals surface area contributed by atoms with Crippen molar-refractivity contribution in [2.24, 2.45) is 11.8 Å². The lowest BCUT2D eigenvalue weighted by molar-refractivity contribution is 0.0177. The minimum atomic E-state index is 0.599. The molecule has 0 aromatic heterocycles. The molecule has 136 valence electrons. The predicted octanol–water partition coefficient (Wildman–Crippen LogP) is 4.64. The molecule has 2 heterocycles. The van der Waals surface area contributed by atoms with Crippen molar-refractivity contribution < 1.29 is 0 Å². The van der Waals surface area contributed by atoms with Gasteiger partial charge in [-0.3, -0.25) is 4.90 Å². The zero-order valence-electron chi connectivity index (χ0n) is 15.4. The van der Waals surface area contributed by atoms with Crippen molar-refractivity contribution >= 4 is 11.4 Å². The third-order valence-corrected chi connectivity index (χ3v) is 7.63. The summed E-state index contributed by atoms with van der Waals surface area (Å²) in [5.41, 5.74) is 8.16. The van der Waals surface area contributed by atoms with Gasteiger partial charge in [0.05, 0.1) is 11.4 Å². The van der Waals surface area contributed by atoms with Crippen LogP contribution >= 0.6 is 0 Å². The molecule has 2 unspecified atom stereocenters. The van der Waals surface area contributed by atoms with E-state index in [0.29, 0.717) is 6.04 Å². The number of piperidine rings is 1. The number of hydrogen-bond acceptors (Lipinski definition) is 3. The Balaban J connectivity index is 1.27. The van der Waals surface area contributed by atoms with Crippen molar-refractivity contribution in [3.05, 3.63) is 24.3 Å². The molecule has 25 heavy (non-hydrogen) atoms. The van der Waals surface area contributed by atoms with Gasteiger partial charge in [0.1, 0.15) is 0 Å². The number of nitrogen functional groups attached to an aromatic ring is 1. The van der Waals surface area contributed by atoms with Gasteiger partial charge in [0.2, 0.25) is 0 Å². The Morgan fingerprint density at radius 3 is 2.16 bits per heavy atom. The molecule has 5 rings (SSSR count). The number of benzene rings is 1. The van der Waals surface area contributed by atoms with Gasteiger partial charge in [-0.05, 0) is 68.9 Å². The van der Waals surface area contributed by atoms with Crippen LogP contribution in [-0.2, 0) is 0 Å². The van der Waals surface area contributed by atoms with Crippen LogP contribution in [0, 0.1) is 11.8 Å². The number of nitrogens with one attached hydrogen (secondary N) is 1. The largest absolute Gasteiger partial charge is 0.397 e. The summed E-state index contributed by atoms with van der Waals surface area (Å²) in [6.07, 6.45) is 14.5. The van der Waals surface area contributed by atoms with Crippen LogP contribution in [0.5, 0.6) is 0 Å². The van der Waals surface area contributed by atoms with Crippen LogP contribution in [0.3, 0.4) is 0 Å². The molecule has 2 aliphatic carbocycles. The highest BCUT2D eigenvalue weighted by molar-refractivity contribution is 5.66. The van der Waals surface area contributed by atoms with Crippen molar-refractivity contribution in [1.29, 1.82) is 0 Å². The van der Waals surface area contributed by atoms with E-state index in [-0.39, 0.29) is 0 Å². The second-order valence-electron chi connectivity index (χ2n) is 9.26. The topological polar surface area (TPSA) is 41.3 Å². The summed E-state index contributed by atoms with van der Waals surface area (Å²) in [6.45, 7) is 0. The summed E-state index contributed by atoms with van der Waals surface area (Å²) < 4.78 is 0. The summed E-state index contributed by atoms with van der Waals surface area (Å²) in [5.74, 6) is 2.08. The zero-order chi connectivity index (χ0) is 16.8. The average Bonchev–Trinajstić information content (AvgIpc) is 2.87. The Morgan fingerprint density at radius 1 is 0.800 bits per heavy atom. The van der Waals surface area contributed by atoms with E-state index in [1.54, 1.807) is 0 Å². The van der Waals surface area contributed by atoms with Gasteiger partial charge in [0.15, 0.2) is 0 Å². The highest BCUT2D eigenvalue weighted by Crippen LogP contribution is 2.46. The van der Waals surface area contributed by atoms with Gasteiger partial charge in [-0.1, -0.05) is 31.4 Å². The van der Waals surface area contributed by atoms with E-state index in [9.17, 15) is 0 Å². The fraction of sp³-hybridized carbons (Fsp3) is 0.727. The average molecular weight is 340 g/mol. The van der Waals surface area contributed by atoms with Crippen LogP contribution in [0.1, 0.15) is 64.2 Å². The monoisotopic (exact) mass is 339 g/mol. The second-order valence-corrected chi connectivity index (χ2v) is 9.26. The molecule has 2 saturated carbocycles. The van der Waals surface area contributed by atoms with E-state index in [1.807, 2.05) is 12.1 Å². The van der Waals surface area contributed by atoms with Crippen molar-refractivity contribution in [2.75, 3.05) is 11.1 Å². The maximum Gasteiger partial charge on any atom is 0.0576 e. The van der Waals surface area contributed by atoms with E-state index in [0.717, 1.165) is 41.3 Å². The molecule has 1 aromatic rings. The fourth-order valence-electron chi connectivity index (χ4n) is 6.72. The Labute approximate surface area is 152 Å². The molecular weight excluding hydrogens is 306 g/mol. The molecule has 4 aliphatic rings. The summed E-state index contributed by atoms with van der Waals surface area (Å²) >= 11 is 0. The predicted molar refractivity (Wildman–Crippen MR) is 105 cm³/mol. The quantitative estimate of drug-likeness (QED) is 0.788. The number of hydrogen-bond donors (Lipinski definition) is 2. The Kier molecular flexibility index (Phi) is 4.16. The van der Waals surface area contributed by atoms with Gasteiger partial charge >= 0.3 is 0 Å². The first-order chi connectivity index (χ1) is 12.3. The van der Waals surface area contributed by atoms with Gasteiger partial charge in [-0.15, -0.1) is 0 Å². The third kappa shape index (κ3) is 3.05. The molecule has 4 fully saturated rings. The number of nitrogens with zero attached hydrogens (tertiary/aromatic N) is 1. The van der Waals surface area contributed by atoms with Crippen LogP contribution < -0.4 is 11.1 Å². The Morgan fingerprint density at radius 2 is 1.48 bits per heavy atom. The maximum absolute atomic E-state index is 6.15. The van der Waals surface area contributed by atoms with E-state index in [4.69, 9.17) is 5.73 Å². The van der Waals surface area contributed by atoms with Crippen molar-refractivity contribution in [1.82, 2.24) is 4.90 Å². The number of anilines is 2. The molecule has 3 heteroatoms. The highest BCUT2D eigenvalue weighted by atomic mass is 15.3. The molecule has 3 N–H and O–H groups in total. The van der Waals surface area contributed by atoms with Crippen molar-refractivity contribution in [3.8, 4) is 0 Å². The van der Waals surface area contributed by atoms with Gasteiger partial charge < -0.3 is 11.1 Å². The molecule has 0 radical (unpaired) electrons. The van der Waals surface area contributed by atoms with Crippen molar-refractivity contribution in [3.63, 3.8) is 0 Å². The molecule has 2 aliphatic heterocycles. The lowest BCUT2D eigenvalue weighted by Crippen LogP contribution is -2.53. The zero-order valence-corrected chi connectivity index (χ0v) is 15.4. The highest BCUT2D eigenvalue weighted by Gasteiger charge is 2.46. The summed E-state index contributed by atoms with van der Waals surface area (Å²) in [7, 11) is 0. The first-order valence-corrected chi connectivity index (χ1v) is 10.6. The number of nitrogens with two attached hydrogens (primary N) is 1. The van der Waals surface area contributed by atoms with Crippen LogP contribution in [0.25, 0.3) is 0 Å². The maximum atomic E-state index is 6.15. The van der Waals surface area contributed by atoms with Crippen LogP contribution in [0.15, 0.2) is 24.3 Å². The van der Waals surface area contributed by atoms with Gasteiger partial charge in [-0.2, -0.15) is 0 Å². The molecule has 4 bridgehead atoms. The smallest absolute Gasteiger partial charge is 0.0576 e. The molecule has 6 atom stereocenters. The molecular formula is C22H33N3. The molecule has 1 aromatic carbocycles. The molecule has 0 amide bonds. The van der Waals surface area contributed by atoms with Gasteiger partial charge in [-0.25, -0.2) is 0 Å². The summed E-state index contributed by atoms with van der Waals surface area (Å²) in [5, 5.41) is 3.76. The SMILES string of the molecule is Nc1ccccc1NC1C[C@H]2CC[C@@H](C1)N2C1C[C@H]2CCC[C@@H](C1)C2. The fourth-order valence-corrected chi connectivity index (χ4v) is 6.72. The lowest BCUT2D eigenvalue weighted by Gasteiger charge is -2.49. The Hall–Kier alpha value is -1.22. The van der Waals surface area contributed by atoms with Crippen LogP contribution in [0.4, 0.5) is 11.4 Å². The Bertz CT molecular complexity index is 589. The normalized spacial score (nSPS) is 40.8. The van der Waals surface area contributed by atoms with E-state index in [1.165, 1.54) is 64.2 Å². The van der Waals surface area contributed by atoms with E-state index in [2.05, 4.69) is 22.3 Å². The number of fused-ring (bicyclic) bond motifs is 4. The minimum Gasteiger partial charge on any atom is -0.397 e. The van der Waals surface area contributed by atoms with Crippen molar-refractivity contribution in [2.45, 2.75) is 88.4 Å². The first kappa shape index (κ1) is 16.0. The molecule has 0 spiro atoms. The standard InChI is InChI=1S/C22H33N3/c23-21-6-1-2-7-22(21)24-17-13-18-8-9-19(14-17)25(18)20-11-15-4-3-5-16(10-15)12-20/h1-2,6-7,15-20,24H,3-5,8-14,23H2/t15-,16+,17?,18-,19+,20?. The lowest BCUT2D eigenvalue weighted by atomic mass is 9.69. The second kappa shape index (κ2) is 6.50.